The summed E-state index contributed by atoms with van der Waals surface area (Å²) >= 11 is 0. The summed E-state index contributed by atoms with van der Waals surface area (Å²) in [5.74, 6) is 1.15. The van der Waals surface area contributed by atoms with E-state index in [-0.39, 0.29) is 30.5 Å². The lowest BCUT2D eigenvalue weighted by atomic mass is 9.43. The van der Waals surface area contributed by atoms with Crippen LogP contribution in [0.5, 0.6) is 0 Å². The Bertz CT molecular complexity index is 835. The third-order valence-corrected chi connectivity index (χ3v) is 8.65. The highest BCUT2D eigenvalue weighted by molar-refractivity contribution is 6.47. The Kier molecular flexibility index (Phi) is 7.32. The molecule has 7 heteroatoms. The lowest BCUT2D eigenvalue weighted by molar-refractivity contribution is -0.199. The first kappa shape index (κ1) is 24.4. The van der Waals surface area contributed by atoms with E-state index < -0.39 is 6.04 Å². The van der Waals surface area contributed by atoms with E-state index in [4.69, 9.17) is 15.0 Å². The Morgan fingerprint density at radius 1 is 1.27 bits per heavy atom. The molecule has 2 bridgehead atoms. The minimum Gasteiger partial charge on any atom is -0.405 e. The van der Waals surface area contributed by atoms with Crippen molar-refractivity contribution in [2.75, 3.05) is 13.1 Å². The molecule has 4 fully saturated rings. The van der Waals surface area contributed by atoms with Gasteiger partial charge in [0.1, 0.15) is 0 Å². The second-order valence-corrected chi connectivity index (χ2v) is 11.1. The van der Waals surface area contributed by atoms with Crippen LogP contribution >= 0.6 is 0 Å². The van der Waals surface area contributed by atoms with Crippen molar-refractivity contribution in [1.82, 2.24) is 5.32 Å². The quantitative estimate of drug-likeness (QED) is 0.304. The number of hydrogen-bond acceptors (Lipinski definition) is 5. The number of carbonyl (C=O) groups excluding carboxylic acids is 1. The number of hydrogen-bond donors (Lipinski definition) is 2. The molecule has 0 radical (unpaired) electrons. The Labute approximate surface area is 199 Å². The molecule has 4 aliphatic rings. The summed E-state index contributed by atoms with van der Waals surface area (Å²) in [5, 5.41) is 3.09. The van der Waals surface area contributed by atoms with Gasteiger partial charge in [-0.15, -0.1) is 0 Å². The van der Waals surface area contributed by atoms with Gasteiger partial charge >= 0.3 is 7.12 Å². The second-order valence-electron chi connectivity index (χ2n) is 11.1. The van der Waals surface area contributed by atoms with E-state index >= 15 is 0 Å². The van der Waals surface area contributed by atoms with Gasteiger partial charge in [0.05, 0.1) is 17.7 Å². The van der Waals surface area contributed by atoms with Crippen molar-refractivity contribution in [3.63, 3.8) is 0 Å². The molecule has 6 atom stereocenters. The molecule has 6 nitrogen and oxygen atoms in total. The van der Waals surface area contributed by atoms with E-state index in [0.717, 1.165) is 25.7 Å². The summed E-state index contributed by atoms with van der Waals surface area (Å²) in [6.07, 6.45) is 5.63. The van der Waals surface area contributed by atoms with Crippen LogP contribution in [0.2, 0.25) is 5.82 Å². The SMILES string of the molecule is C=NCCCCC(N)C(=O)NCC(Cc1ccccc1)B1OC2CC3CC(C3(C)C)C2(C)O1. The topological polar surface area (TPSA) is 85.9 Å². The standard InChI is InChI=1S/C26H40BN3O3/c1-25(2)19-15-22(25)26(3)23(16-19)32-27(33-26)20(14-18-10-6-5-7-11-18)17-30-24(31)21(28)12-8-9-13-29-4/h5-7,10-11,19-23H,4,8-9,12-17,28H2,1-3H3,(H,30,31). The molecule has 5 rings (SSSR count). The molecular formula is C26H40BN3O3. The van der Waals surface area contributed by atoms with Gasteiger partial charge in [-0.1, -0.05) is 44.2 Å². The average Bonchev–Trinajstić information content (AvgIpc) is 3.16. The number of nitrogens with one attached hydrogen (secondary N) is 1. The van der Waals surface area contributed by atoms with Crippen molar-refractivity contribution >= 4 is 19.7 Å². The van der Waals surface area contributed by atoms with Crippen molar-refractivity contribution in [2.24, 2.45) is 28.0 Å². The van der Waals surface area contributed by atoms with E-state index in [1.54, 1.807) is 0 Å². The molecule has 3 saturated carbocycles. The highest BCUT2D eigenvalue weighted by Crippen LogP contribution is 2.66. The van der Waals surface area contributed by atoms with Crippen LogP contribution in [0.15, 0.2) is 35.3 Å². The number of unbranched alkanes of at least 4 members (excludes halogenated alkanes) is 1. The minimum absolute atomic E-state index is 0.0243. The maximum Gasteiger partial charge on any atom is 0.463 e. The summed E-state index contributed by atoms with van der Waals surface area (Å²) in [4.78, 5) is 16.5. The summed E-state index contributed by atoms with van der Waals surface area (Å²) in [7, 11) is -0.328. The van der Waals surface area contributed by atoms with Crippen molar-refractivity contribution in [3.8, 4) is 0 Å². The number of aliphatic imine (C=N–C) groups is 1. The fourth-order valence-corrected chi connectivity index (χ4v) is 6.36. The van der Waals surface area contributed by atoms with Gasteiger partial charge < -0.3 is 25.4 Å². The van der Waals surface area contributed by atoms with Crippen LogP contribution in [0.25, 0.3) is 0 Å². The molecule has 1 amide bonds. The molecule has 3 aliphatic carbocycles. The number of amides is 1. The predicted octanol–water partition coefficient (Wildman–Crippen LogP) is 3.64. The Morgan fingerprint density at radius 3 is 2.73 bits per heavy atom. The molecule has 1 heterocycles. The zero-order valence-electron chi connectivity index (χ0n) is 20.5. The molecule has 1 aromatic rings. The molecule has 6 unspecified atom stereocenters. The smallest absolute Gasteiger partial charge is 0.405 e. The molecular weight excluding hydrogens is 413 g/mol. The van der Waals surface area contributed by atoms with Gasteiger partial charge in [0.25, 0.3) is 0 Å². The van der Waals surface area contributed by atoms with Crippen LogP contribution in [0, 0.1) is 17.3 Å². The maximum absolute atomic E-state index is 12.7. The lowest BCUT2D eigenvalue weighted by Gasteiger charge is -2.64. The zero-order valence-corrected chi connectivity index (χ0v) is 20.5. The Balaban J connectivity index is 1.40. The van der Waals surface area contributed by atoms with Crippen LogP contribution in [0.4, 0.5) is 0 Å². The van der Waals surface area contributed by atoms with E-state index in [9.17, 15) is 4.79 Å². The highest BCUT2D eigenvalue weighted by Gasteiger charge is 2.68. The summed E-state index contributed by atoms with van der Waals surface area (Å²) in [6, 6.07) is 9.86. The first-order valence-corrected chi connectivity index (χ1v) is 12.6. The van der Waals surface area contributed by atoms with Gasteiger partial charge in [0.15, 0.2) is 0 Å². The van der Waals surface area contributed by atoms with Gasteiger partial charge in [0, 0.05) is 18.9 Å². The molecule has 3 N–H and O–H groups in total. The van der Waals surface area contributed by atoms with Crippen LogP contribution in [-0.2, 0) is 20.5 Å². The molecule has 0 spiro atoms. The van der Waals surface area contributed by atoms with Gasteiger partial charge in [-0.05, 0) is 75.0 Å². The number of rotatable bonds is 11. The predicted molar refractivity (Wildman–Crippen MR) is 133 cm³/mol. The average molecular weight is 453 g/mol. The summed E-state index contributed by atoms with van der Waals surface area (Å²) < 4.78 is 13.3. The van der Waals surface area contributed by atoms with Crippen molar-refractivity contribution in [1.29, 1.82) is 0 Å². The maximum atomic E-state index is 12.7. The fourth-order valence-electron chi connectivity index (χ4n) is 6.36. The van der Waals surface area contributed by atoms with Gasteiger partial charge in [-0.3, -0.25) is 4.79 Å². The molecule has 1 aliphatic heterocycles. The van der Waals surface area contributed by atoms with Crippen LogP contribution < -0.4 is 11.1 Å². The largest absolute Gasteiger partial charge is 0.463 e. The minimum atomic E-state index is -0.509. The number of benzene rings is 1. The lowest BCUT2D eigenvalue weighted by Crippen LogP contribution is -2.65. The first-order valence-electron chi connectivity index (χ1n) is 12.6. The van der Waals surface area contributed by atoms with E-state index in [2.05, 4.69) is 49.9 Å². The normalized spacial score (nSPS) is 31.3. The third kappa shape index (κ3) is 4.91. The van der Waals surface area contributed by atoms with Crippen LogP contribution in [0.1, 0.15) is 58.4 Å². The third-order valence-electron chi connectivity index (χ3n) is 8.65. The second kappa shape index (κ2) is 9.89. The monoisotopic (exact) mass is 453 g/mol. The van der Waals surface area contributed by atoms with Gasteiger partial charge in [0.2, 0.25) is 5.91 Å². The number of carbonyl (C=O) groups is 1. The fraction of sp³-hybridized carbons (Fsp3) is 0.692. The Hall–Kier alpha value is -1.70. The van der Waals surface area contributed by atoms with Crippen molar-refractivity contribution in [2.45, 2.75) is 82.9 Å². The number of nitrogens with two attached hydrogens (primary N) is 1. The van der Waals surface area contributed by atoms with Crippen LogP contribution in [-0.4, -0.2) is 50.6 Å². The van der Waals surface area contributed by atoms with E-state index in [1.165, 1.54) is 12.0 Å². The molecule has 1 aromatic carbocycles. The molecule has 33 heavy (non-hydrogen) atoms. The van der Waals surface area contributed by atoms with Crippen molar-refractivity contribution < 1.29 is 14.1 Å². The molecule has 180 valence electrons. The summed E-state index contributed by atoms with van der Waals surface area (Å²) in [6.45, 7) is 11.7. The van der Waals surface area contributed by atoms with E-state index in [1.807, 2.05) is 18.2 Å². The first-order chi connectivity index (χ1) is 15.8. The molecule has 1 saturated heterocycles. The van der Waals surface area contributed by atoms with Gasteiger partial charge in [-0.25, -0.2) is 0 Å². The van der Waals surface area contributed by atoms with E-state index in [0.29, 0.717) is 36.8 Å². The Morgan fingerprint density at radius 2 is 2.03 bits per heavy atom. The highest BCUT2D eigenvalue weighted by atomic mass is 16.7. The zero-order chi connectivity index (χ0) is 23.6. The molecule has 0 aromatic heterocycles. The number of nitrogens with zero attached hydrogens (tertiary/aromatic N) is 1. The van der Waals surface area contributed by atoms with Crippen LogP contribution in [0.3, 0.4) is 0 Å². The van der Waals surface area contributed by atoms with Crippen molar-refractivity contribution in [3.05, 3.63) is 35.9 Å². The summed E-state index contributed by atoms with van der Waals surface area (Å²) in [5.41, 5.74) is 7.41. The van der Waals surface area contributed by atoms with Gasteiger partial charge in [-0.2, -0.15) is 0 Å².